The van der Waals surface area contributed by atoms with E-state index in [0.717, 1.165) is 56.8 Å². The monoisotopic (exact) mass is 768 g/mol. The number of ketones is 2. The first kappa shape index (κ1) is 47.7. The number of rotatable bonds is 23. The van der Waals surface area contributed by atoms with Crippen molar-refractivity contribution in [2.75, 3.05) is 13.2 Å². The van der Waals surface area contributed by atoms with Crippen molar-refractivity contribution in [1.29, 1.82) is 0 Å². The molecule has 0 spiro atoms. The van der Waals surface area contributed by atoms with Crippen LogP contribution < -0.4 is 0 Å². The third-order valence-corrected chi connectivity index (χ3v) is 11.0. The van der Waals surface area contributed by atoms with E-state index in [2.05, 4.69) is 13.0 Å². The molecule has 0 aromatic carbocycles. The van der Waals surface area contributed by atoms with Gasteiger partial charge < -0.3 is 29.9 Å². The SMILES string of the molecule is CC1=C(C=O)O[C@H](CC/C(C)=C/C=C/C=C/[C@@H](C)C[C@@H](C)C(=O)[C@H](O)[C@H](O)/C(C)=C/CC(=O)/C=C/[C@H](C)CC2CCC(OC(=O)C(C)(CO)CO)CC2)CC1. The summed E-state index contributed by atoms with van der Waals surface area (Å²) in [6.07, 6.45) is 20.7. The Morgan fingerprint density at radius 2 is 1.60 bits per heavy atom. The van der Waals surface area contributed by atoms with Gasteiger partial charge in [0.2, 0.25) is 0 Å². The summed E-state index contributed by atoms with van der Waals surface area (Å²) in [6.45, 7) is 11.9. The van der Waals surface area contributed by atoms with Crippen molar-refractivity contribution >= 4 is 23.8 Å². The van der Waals surface area contributed by atoms with Gasteiger partial charge in [0.15, 0.2) is 23.6 Å². The maximum absolute atomic E-state index is 13.0. The van der Waals surface area contributed by atoms with E-state index in [-0.39, 0.29) is 36.2 Å². The summed E-state index contributed by atoms with van der Waals surface area (Å²) in [4.78, 5) is 49.1. The lowest BCUT2D eigenvalue weighted by Gasteiger charge is -2.32. The number of aldehydes is 1. The average molecular weight is 769 g/mol. The highest BCUT2D eigenvalue weighted by Gasteiger charge is 2.36. The van der Waals surface area contributed by atoms with E-state index in [9.17, 15) is 39.6 Å². The van der Waals surface area contributed by atoms with Crippen LogP contribution in [0.25, 0.3) is 0 Å². The standard InChI is InChI=1S/C45H68O10/c1-30(14-21-38-22-16-33(4)40(27-46)54-38)11-9-8-10-12-31(2)25-35(6)42(51)43(52)41(50)34(5)15-20-37(49)19-13-32(3)26-36-17-23-39(24-18-36)55-44(53)45(7,28-47)29-48/h8-13,15,19,27,31-32,35-36,38-39,41,43,47-48,50,52H,14,16-18,20-26,28-29H2,1-7H3/b9-8+,12-10+,19-13+,30-11+,34-15+/t31-,32+,35-,36?,38-,39?,41-,43-/m1/s1. The molecule has 1 saturated carbocycles. The van der Waals surface area contributed by atoms with Crippen molar-refractivity contribution in [2.24, 2.45) is 29.1 Å². The van der Waals surface area contributed by atoms with Gasteiger partial charge in [0, 0.05) is 12.3 Å². The lowest BCUT2D eigenvalue weighted by molar-refractivity contribution is -0.167. The summed E-state index contributed by atoms with van der Waals surface area (Å²) in [5, 5.41) is 40.2. The third kappa shape index (κ3) is 16.7. The molecule has 10 heteroatoms. The van der Waals surface area contributed by atoms with Crippen LogP contribution in [0.2, 0.25) is 0 Å². The summed E-state index contributed by atoms with van der Waals surface area (Å²) >= 11 is 0. The van der Waals surface area contributed by atoms with E-state index in [1.54, 1.807) is 26.0 Å². The van der Waals surface area contributed by atoms with Crippen LogP contribution in [0.4, 0.5) is 0 Å². The Kier molecular flexibility index (Phi) is 21.0. The quantitative estimate of drug-likeness (QED) is 0.0279. The highest BCUT2D eigenvalue weighted by Crippen LogP contribution is 2.32. The van der Waals surface area contributed by atoms with Crippen LogP contribution in [0.1, 0.15) is 119 Å². The van der Waals surface area contributed by atoms with Crippen LogP contribution in [0.3, 0.4) is 0 Å². The number of Topliss-reactive ketones (excluding diaryl/α,β-unsaturated/α-hetero) is 1. The van der Waals surface area contributed by atoms with Gasteiger partial charge in [-0.2, -0.15) is 0 Å². The third-order valence-electron chi connectivity index (χ3n) is 11.0. The van der Waals surface area contributed by atoms with Crippen molar-refractivity contribution in [3.8, 4) is 0 Å². The van der Waals surface area contributed by atoms with Gasteiger partial charge in [0.25, 0.3) is 0 Å². The molecule has 0 saturated heterocycles. The topological polar surface area (TPSA) is 168 Å². The molecule has 0 bridgehead atoms. The molecule has 1 aliphatic heterocycles. The first-order chi connectivity index (χ1) is 26.0. The molecular weight excluding hydrogens is 700 g/mol. The van der Waals surface area contributed by atoms with E-state index in [0.29, 0.717) is 36.5 Å². The molecule has 6 atom stereocenters. The van der Waals surface area contributed by atoms with Crippen molar-refractivity contribution in [1.82, 2.24) is 0 Å². The molecule has 0 aromatic rings. The lowest BCUT2D eigenvalue weighted by atomic mass is 9.81. The Labute approximate surface area is 329 Å². The van der Waals surface area contributed by atoms with E-state index in [1.807, 2.05) is 51.2 Å². The molecule has 308 valence electrons. The molecule has 2 aliphatic rings. The second-order valence-electron chi connectivity index (χ2n) is 16.4. The van der Waals surface area contributed by atoms with Gasteiger partial charge in [-0.3, -0.25) is 19.2 Å². The van der Waals surface area contributed by atoms with Gasteiger partial charge in [-0.15, -0.1) is 0 Å². The second-order valence-corrected chi connectivity index (χ2v) is 16.4. The predicted octanol–water partition coefficient (Wildman–Crippen LogP) is 7.01. The number of hydrogen-bond acceptors (Lipinski definition) is 10. The van der Waals surface area contributed by atoms with Crippen molar-refractivity contribution in [2.45, 2.75) is 144 Å². The number of esters is 1. The van der Waals surface area contributed by atoms with Crippen molar-refractivity contribution < 1.29 is 49.1 Å². The van der Waals surface area contributed by atoms with Crippen LogP contribution in [0, 0.1) is 29.1 Å². The highest BCUT2D eigenvalue weighted by molar-refractivity contribution is 5.91. The van der Waals surface area contributed by atoms with Gasteiger partial charge in [0.05, 0.1) is 19.3 Å². The fourth-order valence-electron chi connectivity index (χ4n) is 6.91. The minimum atomic E-state index is -1.59. The molecule has 1 heterocycles. The van der Waals surface area contributed by atoms with Crippen LogP contribution >= 0.6 is 0 Å². The number of ether oxygens (including phenoxy) is 2. The zero-order valence-electron chi connectivity index (χ0n) is 34.2. The normalized spacial score (nSPS) is 23.1. The number of carbonyl (C=O) groups excluding carboxylic acids is 4. The molecule has 10 nitrogen and oxygen atoms in total. The molecule has 0 amide bonds. The fourth-order valence-corrected chi connectivity index (χ4v) is 6.91. The summed E-state index contributed by atoms with van der Waals surface area (Å²) in [7, 11) is 0. The molecule has 0 unspecified atom stereocenters. The molecular formula is C45H68O10. The Balaban J connectivity index is 1.72. The molecule has 0 aromatic heterocycles. The van der Waals surface area contributed by atoms with E-state index in [1.165, 1.54) is 12.5 Å². The molecule has 1 fully saturated rings. The number of aliphatic hydroxyl groups is 4. The van der Waals surface area contributed by atoms with Crippen LogP contribution in [-0.2, 0) is 28.7 Å². The van der Waals surface area contributed by atoms with Gasteiger partial charge in [-0.1, -0.05) is 68.9 Å². The van der Waals surface area contributed by atoms with Crippen LogP contribution in [0.5, 0.6) is 0 Å². The highest BCUT2D eigenvalue weighted by atomic mass is 16.5. The minimum absolute atomic E-state index is 0.0399. The van der Waals surface area contributed by atoms with E-state index >= 15 is 0 Å². The molecule has 1 aliphatic carbocycles. The minimum Gasteiger partial charge on any atom is -0.487 e. The van der Waals surface area contributed by atoms with Crippen molar-refractivity contribution in [3.05, 3.63) is 71.1 Å². The number of hydrogen-bond donors (Lipinski definition) is 4. The molecule has 4 N–H and O–H groups in total. The predicted molar refractivity (Wildman–Crippen MR) is 215 cm³/mol. The average Bonchev–Trinajstić information content (AvgIpc) is 3.17. The lowest BCUT2D eigenvalue weighted by Crippen LogP contribution is -2.39. The Hall–Kier alpha value is -3.44. The van der Waals surface area contributed by atoms with E-state index < -0.39 is 48.5 Å². The summed E-state index contributed by atoms with van der Waals surface area (Å²) < 4.78 is 11.3. The first-order valence-corrected chi connectivity index (χ1v) is 20.1. The van der Waals surface area contributed by atoms with Gasteiger partial charge >= 0.3 is 5.97 Å². The zero-order chi connectivity index (χ0) is 41.1. The fraction of sp³-hybridized carbons (Fsp3) is 0.644. The Morgan fingerprint density at radius 3 is 2.24 bits per heavy atom. The summed E-state index contributed by atoms with van der Waals surface area (Å²) in [6, 6.07) is 0. The summed E-state index contributed by atoms with van der Waals surface area (Å²) in [5.74, 6) is -0.511. The zero-order valence-corrected chi connectivity index (χ0v) is 34.2. The van der Waals surface area contributed by atoms with Crippen LogP contribution in [0.15, 0.2) is 71.1 Å². The van der Waals surface area contributed by atoms with Gasteiger partial charge in [-0.25, -0.2) is 0 Å². The van der Waals surface area contributed by atoms with Crippen LogP contribution in [-0.4, -0.2) is 81.9 Å². The smallest absolute Gasteiger partial charge is 0.316 e. The Morgan fingerprint density at radius 1 is 0.927 bits per heavy atom. The number of carbonyl (C=O) groups is 4. The molecule has 2 rings (SSSR count). The van der Waals surface area contributed by atoms with Crippen molar-refractivity contribution in [3.63, 3.8) is 0 Å². The summed E-state index contributed by atoms with van der Waals surface area (Å²) in [5.41, 5.74) is 1.30. The maximum atomic E-state index is 13.0. The first-order valence-electron chi connectivity index (χ1n) is 20.1. The van der Waals surface area contributed by atoms with Gasteiger partial charge in [0.1, 0.15) is 23.7 Å². The second kappa shape index (κ2) is 24.3. The number of allylic oxidation sites excluding steroid dienone is 11. The molecule has 55 heavy (non-hydrogen) atoms. The number of aliphatic hydroxyl groups excluding tert-OH is 4. The van der Waals surface area contributed by atoms with E-state index in [4.69, 9.17) is 9.47 Å². The van der Waals surface area contributed by atoms with Gasteiger partial charge in [-0.05, 0) is 127 Å². The maximum Gasteiger partial charge on any atom is 0.316 e. The molecule has 0 radical (unpaired) electrons. The largest absolute Gasteiger partial charge is 0.487 e. The Bertz CT molecular complexity index is 1440.